The standard InChI is InChI=1S/C18H27N3O3S/c1-5-6-11-25-17-19-12-13-14(20-17)7-9-21(16(13)23)10-8-15(22)24-18(2,3)4/h12H,5-11H2,1-4H3. The molecule has 138 valence electrons. The smallest absolute Gasteiger partial charge is 0.308 e. The molecule has 7 heteroatoms. The summed E-state index contributed by atoms with van der Waals surface area (Å²) in [5, 5.41) is 0.738. The van der Waals surface area contributed by atoms with E-state index in [2.05, 4.69) is 16.9 Å². The Kier molecular flexibility index (Phi) is 6.81. The number of rotatable bonds is 7. The SMILES string of the molecule is CCCCSc1ncc2c(n1)CCN(CCC(=O)OC(C)(C)C)C2=O. The normalized spacial score (nSPS) is 14.4. The van der Waals surface area contributed by atoms with Gasteiger partial charge < -0.3 is 9.64 Å². The molecule has 0 N–H and O–H groups in total. The highest BCUT2D eigenvalue weighted by molar-refractivity contribution is 7.99. The average molecular weight is 365 g/mol. The summed E-state index contributed by atoms with van der Waals surface area (Å²) in [5.41, 5.74) is 0.859. The molecule has 1 amide bonds. The molecule has 0 aliphatic carbocycles. The first-order valence-corrected chi connectivity index (χ1v) is 9.78. The summed E-state index contributed by atoms with van der Waals surface area (Å²) in [6.45, 7) is 8.59. The van der Waals surface area contributed by atoms with Crippen molar-refractivity contribution in [2.45, 2.75) is 64.1 Å². The molecule has 0 radical (unpaired) electrons. The Labute approximate surface area is 153 Å². The minimum atomic E-state index is -0.505. The molecule has 0 saturated heterocycles. The molecule has 0 fully saturated rings. The minimum absolute atomic E-state index is 0.102. The second-order valence-electron chi connectivity index (χ2n) is 7.09. The molecule has 6 nitrogen and oxygen atoms in total. The van der Waals surface area contributed by atoms with E-state index in [9.17, 15) is 9.59 Å². The van der Waals surface area contributed by atoms with E-state index in [4.69, 9.17) is 4.74 Å². The number of esters is 1. The van der Waals surface area contributed by atoms with Gasteiger partial charge in [0.1, 0.15) is 5.60 Å². The maximum Gasteiger partial charge on any atom is 0.308 e. The Morgan fingerprint density at radius 2 is 2.16 bits per heavy atom. The second-order valence-corrected chi connectivity index (χ2v) is 8.16. The lowest BCUT2D eigenvalue weighted by atomic mass is 10.1. The Bertz CT molecular complexity index is 628. The molecule has 0 unspecified atom stereocenters. The number of nitrogens with zero attached hydrogens (tertiary/aromatic N) is 3. The van der Waals surface area contributed by atoms with Crippen LogP contribution in [0, 0.1) is 0 Å². The number of carbonyl (C=O) groups is 2. The van der Waals surface area contributed by atoms with E-state index < -0.39 is 5.60 Å². The topological polar surface area (TPSA) is 72.4 Å². The maximum atomic E-state index is 12.6. The first kappa shape index (κ1) is 19.7. The molecule has 1 aliphatic rings. The van der Waals surface area contributed by atoms with E-state index >= 15 is 0 Å². The Balaban J connectivity index is 1.93. The number of amides is 1. The molecule has 0 bridgehead atoms. The van der Waals surface area contributed by atoms with E-state index in [1.165, 1.54) is 0 Å². The lowest BCUT2D eigenvalue weighted by Crippen LogP contribution is -2.40. The molecule has 0 spiro atoms. The minimum Gasteiger partial charge on any atom is -0.460 e. The predicted octanol–water partition coefficient (Wildman–Crippen LogP) is 3.10. The number of unbranched alkanes of at least 4 members (excludes halogenated alkanes) is 1. The number of ether oxygens (including phenoxy) is 1. The van der Waals surface area contributed by atoms with Crippen molar-refractivity contribution >= 4 is 23.6 Å². The third kappa shape index (κ3) is 5.99. The Morgan fingerprint density at radius 1 is 1.40 bits per heavy atom. The van der Waals surface area contributed by atoms with Crippen molar-refractivity contribution in [2.75, 3.05) is 18.8 Å². The zero-order chi connectivity index (χ0) is 18.4. The maximum absolute atomic E-state index is 12.6. The molecule has 0 aromatic carbocycles. The van der Waals surface area contributed by atoms with Crippen LogP contribution in [0.2, 0.25) is 0 Å². The van der Waals surface area contributed by atoms with Crippen molar-refractivity contribution in [3.05, 3.63) is 17.5 Å². The monoisotopic (exact) mass is 365 g/mol. The van der Waals surface area contributed by atoms with Gasteiger partial charge in [0, 0.05) is 31.5 Å². The number of hydrogen-bond acceptors (Lipinski definition) is 6. The van der Waals surface area contributed by atoms with Crippen LogP contribution in [0.15, 0.2) is 11.4 Å². The first-order chi connectivity index (χ1) is 11.8. The molecule has 1 aromatic heterocycles. The van der Waals surface area contributed by atoms with Crippen LogP contribution in [0.4, 0.5) is 0 Å². The van der Waals surface area contributed by atoms with Crippen molar-refractivity contribution in [1.82, 2.24) is 14.9 Å². The van der Waals surface area contributed by atoms with Crippen molar-refractivity contribution < 1.29 is 14.3 Å². The molecule has 1 aromatic rings. The fourth-order valence-electron chi connectivity index (χ4n) is 2.49. The third-order valence-electron chi connectivity index (χ3n) is 3.72. The van der Waals surface area contributed by atoms with Gasteiger partial charge in [0.05, 0.1) is 17.7 Å². The van der Waals surface area contributed by atoms with E-state index in [1.54, 1.807) is 22.9 Å². The highest BCUT2D eigenvalue weighted by atomic mass is 32.2. The third-order valence-corrected chi connectivity index (χ3v) is 4.66. The van der Waals surface area contributed by atoms with Gasteiger partial charge in [-0.25, -0.2) is 9.97 Å². The molecular weight excluding hydrogens is 338 g/mol. The van der Waals surface area contributed by atoms with Crippen LogP contribution < -0.4 is 0 Å². The van der Waals surface area contributed by atoms with Gasteiger partial charge in [0.25, 0.3) is 5.91 Å². The number of hydrogen-bond donors (Lipinski definition) is 0. The summed E-state index contributed by atoms with van der Waals surface area (Å²) in [4.78, 5) is 34.9. The number of thioether (sulfide) groups is 1. The fraction of sp³-hybridized carbons (Fsp3) is 0.667. The van der Waals surface area contributed by atoms with Crippen molar-refractivity contribution in [1.29, 1.82) is 0 Å². The second kappa shape index (κ2) is 8.65. The summed E-state index contributed by atoms with van der Waals surface area (Å²) in [6, 6.07) is 0. The highest BCUT2D eigenvalue weighted by Crippen LogP contribution is 2.21. The van der Waals surface area contributed by atoms with E-state index in [1.807, 2.05) is 20.8 Å². The van der Waals surface area contributed by atoms with Gasteiger partial charge in [-0.2, -0.15) is 0 Å². The molecule has 0 saturated carbocycles. The Hall–Kier alpha value is -1.63. The molecule has 0 atom stereocenters. The van der Waals surface area contributed by atoms with Gasteiger partial charge in [-0.05, 0) is 27.2 Å². The van der Waals surface area contributed by atoms with Crippen molar-refractivity contribution in [3.63, 3.8) is 0 Å². The lowest BCUT2D eigenvalue weighted by molar-refractivity contribution is -0.155. The summed E-state index contributed by atoms with van der Waals surface area (Å²) in [6.07, 6.45) is 4.79. The summed E-state index contributed by atoms with van der Waals surface area (Å²) < 4.78 is 5.29. The van der Waals surface area contributed by atoms with E-state index in [0.29, 0.717) is 25.1 Å². The zero-order valence-electron chi connectivity index (χ0n) is 15.5. The van der Waals surface area contributed by atoms with E-state index in [-0.39, 0.29) is 18.3 Å². The fourth-order valence-corrected chi connectivity index (χ4v) is 3.41. The quantitative estimate of drug-likeness (QED) is 0.320. The van der Waals surface area contributed by atoms with Gasteiger partial charge >= 0.3 is 5.97 Å². The lowest BCUT2D eigenvalue weighted by Gasteiger charge is -2.28. The van der Waals surface area contributed by atoms with Crippen LogP contribution in [0.1, 0.15) is 63.0 Å². The van der Waals surface area contributed by atoms with Crippen molar-refractivity contribution in [2.24, 2.45) is 0 Å². The summed E-state index contributed by atoms with van der Waals surface area (Å²) in [7, 11) is 0. The van der Waals surface area contributed by atoms with Gasteiger partial charge in [0.2, 0.25) is 0 Å². The molecule has 1 aliphatic heterocycles. The largest absolute Gasteiger partial charge is 0.460 e. The van der Waals surface area contributed by atoms with Gasteiger partial charge in [0.15, 0.2) is 5.16 Å². The van der Waals surface area contributed by atoms with Gasteiger partial charge in [-0.3, -0.25) is 9.59 Å². The molecular formula is C18H27N3O3S. The van der Waals surface area contributed by atoms with Crippen molar-refractivity contribution in [3.8, 4) is 0 Å². The molecule has 25 heavy (non-hydrogen) atoms. The van der Waals surface area contributed by atoms with Crippen LogP contribution in [0.3, 0.4) is 0 Å². The van der Waals surface area contributed by atoms with Gasteiger partial charge in [-0.15, -0.1) is 0 Å². The van der Waals surface area contributed by atoms with Crippen LogP contribution in [-0.2, 0) is 16.0 Å². The summed E-state index contributed by atoms with van der Waals surface area (Å²) in [5.74, 6) is 0.602. The van der Waals surface area contributed by atoms with Crippen LogP contribution in [-0.4, -0.2) is 51.2 Å². The van der Waals surface area contributed by atoms with Gasteiger partial charge in [-0.1, -0.05) is 25.1 Å². The number of aromatic nitrogens is 2. The molecule has 2 heterocycles. The zero-order valence-corrected chi connectivity index (χ0v) is 16.3. The van der Waals surface area contributed by atoms with E-state index in [0.717, 1.165) is 29.4 Å². The Morgan fingerprint density at radius 3 is 2.84 bits per heavy atom. The average Bonchev–Trinajstić information content (AvgIpc) is 2.53. The predicted molar refractivity (Wildman–Crippen MR) is 97.7 cm³/mol. The molecule has 2 rings (SSSR count). The number of fused-ring (bicyclic) bond motifs is 1. The van der Waals surface area contributed by atoms with Crippen LogP contribution in [0.5, 0.6) is 0 Å². The summed E-state index contributed by atoms with van der Waals surface area (Å²) >= 11 is 1.63. The highest BCUT2D eigenvalue weighted by Gasteiger charge is 2.27. The van der Waals surface area contributed by atoms with Crippen LogP contribution >= 0.6 is 11.8 Å². The first-order valence-electron chi connectivity index (χ1n) is 8.80. The number of carbonyl (C=O) groups excluding carboxylic acids is 2. The van der Waals surface area contributed by atoms with Crippen LogP contribution in [0.25, 0.3) is 0 Å².